The first-order valence-corrected chi connectivity index (χ1v) is 5.54. The molecule has 0 fully saturated rings. The van der Waals surface area contributed by atoms with Gasteiger partial charge < -0.3 is 15.8 Å². The van der Waals surface area contributed by atoms with Gasteiger partial charge in [0.25, 0.3) is 0 Å². The molecule has 0 saturated heterocycles. The first kappa shape index (κ1) is 14.4. The van der Waals surface area contributed by atoms with Gasteiger partial charge in [-0.3, -0.25) is 4.79 Å². The Kier molecular flexibility index (Phi) is 6.52. The number of hydrogen-bond acceptors (Lipinski definition) is 3. The van der Waals surface area contributed by atoms with Crippen LogP contribution < -0.4 is 11.1 Å². The van der Waals surface area contributed by atoms with Crippen LogP contribution in [0.3, 0.4) is 0 Å². The fourth-order valence-corrected chi connectivity index (χ4v) is 1.30. The maximum atomic E-state index is 11.6. The molecule has 0 rings (SSSR count). The summed E-state index contributed by atoms with van der Waals surface area (Å²) in [7, 11) is 0. The van der Waals surface area contributed by atoms with Crippen molar-refractivity contribution in [3.05, 3.63) is 0 Å². The second-order valence-electron chi connectivity index (χ2n) is 4.39. The van der Waals surface area contributed by atoms with Crippen LogP contribution in [0, 0.1) is 5.92 Å². The van der Waals surface area contributed by atoms with Crippen molar-refractivity contribution in [2.24, 2.45) is 11.7 Å². The predicted molar refractivity (Wildman–Crippen MR) is 61.6 cm³/mol. The molecule has 0 aromatic heterocycles. The molecule has 3 N–H and O–H groups in total. The predicted octanol–water partition coefficient (Wildman–Crippen LogP) is 0.903. The van der Waals surface area contributed by atoms with Crippen LogP contribution in [-0.2, 0) is 9.53 Å². The molecular weight excluding hydrogens is 192 g/mol. The van der Waals surface area contributed by atoms with Gasteiger partial charge >= 0.3 is 0 Å². The van der Waals surface area contributed by atoms with E-state index in [9.17, 15) is 4.79 Å². The maximum absolute atomic E-state index is 11.6. The average Bonchev–Trinajstić information content (AvgIpc) is 2.14. The van der Waals surface area contributed by atoms with E-state index in [1.165, 1.54) is 0 Å². The second-order valence-corrected chi connectivity index (χ2v) is 4.39. The maximum Gasteiger partial charge on any atom is 0.222 e. The van der Waals surface area contributed by atoms with E-state index >= 15 is 0 Å². The molecule has 0 saturated carbocycles. The summed E-state index contributed by atoms with van der Waals surface area (Å²) in [5, 5.41) is 2.87. The molecule has 4 heteroatoms. The lowest BCUT2D eigenvalue weighted by molar-refractivity contribution is -0.126. The first-order chi connectivity index (χ1) is 6.93. The highest BCUT2D eigenvalue weighted by atomic mass is 16.5. The topological polar surface area (TPSA) is 64.3 Å². The molecule has 1 amide bonds. The van der Waals surface area contributed by atoms with Crippen LogP contribution in [0.25, 0.3) is 0 Å². The van der Waals surface area contributed by atoms with E-state index in [0.717, 1.165) is 6.42 Å². The summed E-state index contributed by atoms with van der Waals surface area (Å²) in [6.45, 7) is 9.49. The number of amides is 1. The molecule has 0 aliphatic carbocycles. The van der Waals surface area contributed by atoms with Crippen LogP contribution in [0.4, 0.5) is 0 Å². The van der Waals surface area contributed by atoms with Crippen LogP contribution in [0.5, 0.6) is 0 Å². The van der Waals surface area contributed by atoms with E-state index in [1.807, 2.05) is 27.7 Å². The van der Waals surface area contributed by atoms with Gasteiger partial charge in [0.2, 0.25) is 5.91 Å². The number of carbonyl (C=O) groups is 1. The number of nitrogens with one attached hydrogen (secondary N) is 1. The molecule has 0 aliphatic rings. The summed E-state index contributed by atoms with van der Waals surface area (Å²) < 4.78 is 5.48. The molecule has 0 aromatic rings. The largest absolute Gasteiger partial charge is 0.374 e. The molecule has 1 unspecified atom stereocenters. The Labute approximate surface area is 92.6 Å². The normalized spacial score (nSPS) is 13.7. The van der Waals surface area contributed by atoms with Gasteiger partial charge in [-0.25, -0.2) is 0 Å². The van der Waals surface area contributed by atoms with E-state index in [0.29, 0.717) is 19.7 Å². The standard InChI is InChI=1S/C11H24N2O2/c1-5-15-11(3,4)8-13-10(14)9(2)6-7-12/h9H,5-8,12H2,1-4H3,(H,13,14). The van der Waals surface area contributed by atoms with Crippen LogP contribution >= 0.6 is 0 Å². The number of nitrogens with two attached hydrogens (primary N) is 1. The Hall–Kier alpha value is -0.610. The first-order valence-electron chi connectivity index (χ1n) is 5.54. The quantitative estimate of drug-likeness (QED) is 0.664. The van der Waals surface area contributed by atoms with E-state index < -0.39 is 0 Å². The van der Waals surface area contributed by atoms with Gasteiger partial charge in [0.15, 0.2) is 0 Å². The lowest BCUT2D eigenvalue weighted by Crippen LogP contribution is -2.42. The number of hydrogen-bond donors (Lipinski definition) is 2. The summed E-state index contributed by atoms with van der Waals surface area (Å²) >= 11 is 0. The Morgan fingerprint density at radius 3 is 2.60 bits per heavy atom. The Morgan fingerprint density at radius 1 is 1.53 bits per heavy atom. The minimum atomic E-state index is -0.299. The zero-order valence-corrected chi connectivity index (χ0v) is 10.3. The Balaban J connectivity index is 3.88. The van der Waals surface area contributed by atoms with E-state index in [1.54, 1.807) is 0 Å². The lowest BCUT2D eigenvalue weighted by Gasteiger charge is -2.25. The minimum Gasteiger partial charge on any atom is -0.374 e. The summed E-state index contributed by atoms with van der Waals surface area (Å²) in [5.74, 6) is 0.0284. The molecule has 0 bridgehead atoms. The van der Waals surface area contributed by atoms with Gasteiger partial charge in [-0.2, -0.15) is 0 Å². The van der Waals surface area contributed by atoms with Crippen LogP contribution in [0.1, 0.15) is 34.1 Å². The van der Waals surface area contributed by atoms with Crippen LogP contribution in [0.2, 0.25) is 0 Å². The van der Waals surface area contributed by atoms with Crippen molar-refractivity contribution >= 4 is 5.91 Å². The lowest BCUT2D eigenvalue weighted by atomic mass is 10.1. The van der Waals surface area contributed by atoms with E-state index in [-0.39, 0.29) is 17.4 Å². The van der Waals surface area contributed by atoms with Crippen molar-refractivity contribution in [2.75, 3.05) is 19.7 Å². The molecule has 0 aliphatic heterocycles. The van der Waals surface area contributed by atoms with Crippen molar-refractivity contribution in [3.8, 4) is 0 Å². The fraction of sp³-hybridized carbons (Fsp3) is 0.909. The van der Waals surface area contributed by atoms with Crippen molar-refractivity contribution in [1.82, 2.24) is 5.32 Å². The zero-order chi connectivity index (χ0) is 11.9. The molecule has 0 spiro atoms. The number of ether oxygens (including phenoxy) is 1. The molecule has 0 heterocycles. The molecule has 4 nitrogen and oxygen atoms in total. The average molecular weight is 216 g/mol. The van der Waals surface area contributed by atoms with Crippen LogP contribution in [-0.4, -0.2) is 31.2 Å². The van der Waals surface area contributed by atoms with Gasteiger partial charge in [0.1, 0.15) is 0 Å². The van der Waals surface area contributed by atoms with E-state index in [4.69, 9.17) is 10.5 Å². The van der Waals surface area contributed by atoms with Gasteiger partial charge in [-0.05, 0) is 33.7 Å². The van der Waals surface area contributed by atoms with Gasteiger partial charge in [0.05, 0.1) is 5.60 Å². The fourth-order valence-electron chi connectivity index (χ4n) is 1.30. The minimum absolute atomic E-state index is 0.0209. The summed E-state index contributed by atoms with van der Waals surface area (Å²) in [5.41, 5.74) is 5.09. The molecule has 1 atom stereocenters. The molecule has 0 radical (unpaired) electrons. The third kappa shape index (κ3) is 6.47. The smallest absolute Gasteiger partial charge is 0.222 e. The van der Waals surface area contributed by atoms with Crippen molar-refractivity contribution in [1.29, 1.82) is 0 Å². The Bertz CT molecular complexity index is 193. The number of carbonyl (C=O) groups excluding carboxylic acids is 1. The number of rotatable bonds is 7. The summed E-state index contributed by atoms with van der Waals surface area (Å²) in [6, 6.07) is 0. The highest BCUT2D eigenvalue weighted by Crippen LogP contribution is 2.08. The van der Waals surface area contributed by atoms with Crippen molar-refractivity contribution < 1.29 is 9.53 Å². The SMILES string of the molecule is CCOC(C)(C)CNC(=O)C(C)CCN. The van der Waals surface area contributed by atoms with Gasteiger partial charge in [0, 0.05) is 19.1 Å². The summed E-state index contributed by atoms with van der Waals surface area (Å²) in [6.07, 6.45) is 0.723. The van der Waals surface area contributed by atoms with Crippen LogP contribution in [0.15, 0.2) is 0 Å². The second kappa shape index (κ2) is 6.80. The third-order valence-corrected chi connectivity index (χ3v) is 2.27. The Morgan fingerprint density at radius 2 is 2.13 bits per heavy atom. The summed E-state index contributed by atoms with van der Waals surface area (Å²) in [4.78, 5) is 11.6. The molecule has 90 valence electrons. The molecule has 0 aromatic carbocycles. The molecular formula is C11H24N2O2. The zero-order valence-electron chi connectivity index (χ0n) is 10.3. The highest BCUT2D eigenvalue weighted by Gasteiger charge is 2.20. The van der Waals surface area contributed by atoms with Gasteiger partial charge in [-0.15, -0.1) is 0 Å². The molecule has 15 heavy (non-hydrogen) atoms. The van der Waals surface area contributed by atoms with Gasteiger partial charge in [-0.1, -0.05) is 6.92 Å². The monoisotopic (exact) mass is 216 g/mol. The van der Waals surface area contributed by atoms with E-state index in [2.05, 4.69) is 5.32 Å². The van der Waals surface area contributed by atoms with Crippen molar-refractivity contribution in [3.63, 3.8) is 0 Å². The third-order valence-electron chi connectivity index (χ3n) is 2.27. The highest BCUT2D eigenvalue weighted by molar-refractivity contribution is 5.78. The van der Waals surface area contributed by atoms with Crippen molar-refractivity contribution in [2.45, 2.75) is 39.7 Å².